The summed E-state index contributed by atoms with van der Waals surface area (Å²) in [5.41, 5.74) is 1.53. The van der Waals surface area contributed by atoms with E-state index in [4.69, 9.17) is 9.88 Å². The van der Waals surface area contributed by atoms with Gasteiger partial charge in [0.25, 0.3) is 5.91 Å². The van der Waals surface area contributed by atoms with Crippen LogP contribution in [0.25, 0.3) is 0 Å². The summed E-state index contributed by atoms with van der Waals surface area (Å²) >= 11 is 1.30. The molecule has 3 rings (SSSR count). The van der Waals surface area contributed by atoms with Gasteiger partial charge in [-0.15, -0.1) is 11.8 Å². The second kappa shape index (κ2) is 10.3. The van der Waals surface area contributed by atoms with Gasteiger partial charge in [0, 0.05) is 21.8 Å². The molecule has 0 bridgehead atoms. The van der Waals surface area contributed by atoms with E-state index in [9.17, 15) is 18.0 Å². The lowest BCUT2D eigenvalue weighted by Crippen LogP contribution is -2.15. The summed E-state index contributed by atoms with van der Waals surface area (Å²) < 4.78 is 27.7. The van der Waals surface area contributed by atoms with Crippen LogP contribution in [0.4, 0.5) is 11.4 Å². The summed E-state index contributed by atoms with van der Waals surface area (Å²) in [6, 6.07) is 19.6. The van der Waals surface area contributed by atoms with Crippen molar-refractivity contribution in [3.63, 3.8) is 0 Å². The van der Waals surface area contributed by atoms with Gasteiger partial charge in [0.2, 0.25) is 15.9 Å². The Hall–Kier alpha value is -3.34. The number of thioether (sulfide) groups is 1. The molecule has 0 unspecified atom stereocenters. The van der Waals surface area contributed by atoms with Crippen LogP contribution < -0.4 is 20.5 Å². The zero-order valence-corrected chi connectivity index (χ0v) is 18.7. The highest BCUT2D eigenvalue weighted by Crippen LogP contribution is 2.23. The van der Waals surface area contributed by atoms with Crippen LogP contribution in [0, 0.1) is 0 Å². The molecular formula is C22H21N3O5S2. The number of carbonyl (C=O) groups excluding carboxylic acids is 2. The predicted octanol–water partition coefficient (Wildman–Crippen LogP) is 3.33. The Morgan fingerprint density at radius 2 is 1.66 bits per heavy atom. The highest BCUT2D eigenvalue weighted by atomic mass is 32.2. The first kappa shape index (κ1) is 23.3. The number of carbonyl (C=O) groups is 2. The van der Waals surface area contributed by atoms with Crippen molar-refractivity contribution in [1.82, 2.24) is 0 Å². The van der Waals surface area contributed by atoms with Gasteiger partial charge in [-0.05, 0) is 60.7 Å². The van der Waals surface area contributed by atoms with Crippen LogP contribution in [-0.4, -0.2) is 33.1 Å². The number of hydrogen-bond donors (Lipinski definition) is 3. The monoisotopic (exact) mass is 471 g/mol. The minimum atomic E-state index is -3.78. The molecule has 0 fully saturated rings. The van der Waals surface area contributed by atoms with Crippen molar-refractivity contribution in [1.29, 1.82) is 0 Å². The lowest BCUT2D eigenvalue weighted by Gasteiger charge is -2.09. The highest BCUT2D eigenvalue weighted by molar-refractivity contribution is 8.00. The number of rotatable bonds is 8. The fourth-order valence-electron chi connectivity index (χ4n) is 2.71. The Kier molecular flexibility index (Phi) is 7.52. The number of hydrogen-bond acceptors (Lipinski definition) is 6. The second-order valence-electron chi connectivity index (χ2n) is 6.62. The fourth-order valence-corrected chi connectivity index (χ4v) is 3.98. The first-order valence-electron chi connectivity index (χ1n) is 9.35. The van der Waals surface area contributed by atoms with E-state index >= 15 is 0 Å². The van der Waals surface area contributed by atoms with Crippen LogP contribution in [-0.2, 0) is 14.8 Å². The van der Waals surface area contributed by atoms with Crippen molar-refractivity contribution in [2.24, 2.45) is 5.14 Å². The largest absolute Gasteiger partial charge is 0.497 e. The van der Waals surface area contributed by atoms with E-state index in [1.54, 1.807) is 42.5 Å². The summed E-state index contributed by atoms with van der Waals surface area (Å²) in [5.74, 6) is 0.188. The van der Waals surface area contributed by atoms with E-state index < -0.39 is 10.0 Å². The van der Waals surface area contributed by atoms with E-state index in [1.807, 2.05) is 6.07 Å². The molecule has 0 aliphatic heterocycles. The highest BCUT2D eigenvalue weighted by Gasteiger charge is 2.10. The molecule has 0 saturated heterocycles. The minimum absolute atomic E-state index is 0.0299. The van der Waals surface area contributed by atoms with Crippen molar-refractivity contribution in [2.45, 2.75) is 9.79 Å². The number of primary sulfonamides is 1. The first-order chi connectivity index (χ1) is 15.2. The molecule has 4 N–H and O–H groups in total. The molecule has 10 heteroatoms. The summed E-state index contributed by atoms with van der Waals surface area (Å²) in [5, 5.41) is 10.6. The van der Waals surface area contributed by atoms with Crippen molar-refractivity contribution < 1.29 is 22.7 Å². The zero-order chi connectivity index (χ0) is 23.1. The number of ether oxygens (including phenoxy) is 1. The van der Waals surface area contributed by atoms with Crippen molar-refractivity contribution in [3.8, 4) is 5.75 Å². The molecule has 0 heterocycles. The summed E-state index contributed by atoms with van der Waals surface area (Å²) in [4.78, 5) is 25.5. The van der Waals surface area contributed by atoms with Gasteiger partial charge in [-0.25, -0.2) is 13.6 Å². The SMILES string of the molecule is COc1cccc(C(=O)Nc2cccc(SCC(=O)Nc3ccc(S(N)(=O)=O)cc3)c2)c1. The molecule has 0 aromatic heterocycles. The Morgan fingerprint density at radius 1 is 0.938 bits per heavy atom. The molecule has 0 atom stereocenters. The normalized spacial score (nSPS) is 10.9. The van der Waals surface area contributed by atoms with Gasteiger partial charge in [-0.3, -0.25) is 9.59 Å². The molecule has 3 aromatic carbocycles. The molecule has 2 amide bonds. The van der Waals surface area contributed by atoms with Crippen LogP contribution in [0.15, 0.2) is 82.6 Å². The molecule has 0 radical (unpaired) electrons. The van der Waals surface area contributed by atoms with Crippen LogP contribution in [0.2, 0.25) is 0 Å². The van der Waals surface area contributed by atoms with E-state index in [0.29, 0.717) is 22.7 Å². The number of anilines is 2. The molecule has 0 aliphatic rings. The van der Waals surface area contributed by atoms with E-state index in [0.717, 1.165) is 4.90 Å². The lowest BCUT2D eigenvalue weighted by atomic mass is 10.2. The molecule has 0 saturated carbocycles. The second-order valence-corrected chi connectivity index (χ2v) is 9.23. The van der Waals surface area contributed by atoms with Crippen molar-refractivity contribution in [2.75, 3.05) is 23.5 Å². The third-order valence-electron chi connectivity index (χ3n) is 4.26. The molecule has 8 nitrogen and oxygen atoms in total. The molecule has 166 valence electrons. The van der Waals surface area contributed by atoms with Crippen LogP contribution in [0.5, 0.6) is 5.75 Å². The maximum absolute atomic E-state index is 12.5. The summed E-state index contributed by atoms with van der Waals surface area (Å²) in [7, 11) is -2.25. The first-order valence-corrected chi connectivity index (χ1v) is 11.9. The number of amides is 2. The third-order valence-corrected chi connectivity index (χ3v) is 6.18. The maximum Gasteiger partial charge on any atom is 0.255 e. The van der Waals surface area contributed by atoms with Gasteiger partial charge in [-0.1, -0.05) is 12.1 Å². The minimum Gasteiger partial charge on any atom is -0.497 e. The van der Waals surface area contributed by atoms with Crippen molar-refractivity contribution in [3.05, 3.63) is 78.4 Å². The van der Waals surface area contributed by atoms with E-state index in [2.05, 4.69) is 10.6 Å². The summed E-state index contributed by atoms with van der Waals surface area (Å²) in [6.45, 7) is 0. The number of benzene rings is 3. The average molecular weight is 472 g/mol. The van der Waals surface area contributed by atoms with Gasteiger partial charge in [0.1, 0.15) is 5.75 Å². The van der Waals surface area contributed by atoms with Gasteiger partial charge in [-0.2, -0.15) is 0 Å². The van der Waals surface area contributed by atoms with Crippen LogP contribution in [0.3, 0.4) is 0 Å². The van der Waals surface area contributed by atoms with Gasteiger partial charge in [0.15, 0.2) is 0 Å². The van der Waals surface area contributed by atoms with Crippen LogP contribution >= 0.6 is 11.8 Å². The number of nitrogens with two attached hydrogens (primary N) is 1. The van der Waals surface area contributed by atoms with Gasteiger partial charge >= 0.3 is 0 Å². The molecule has 0 aliphatic carbocycles. The maximum atomic E-state index is 12.5. The Morgan fingerprint density at radius 3 is 2.34 bits per heavy atom. The number of nitrogens with one attached hydrogen (secondary N) is 2. The number of sulfonamides is 1. The van der Waals surface area contributed by atoms with Gasteiger partial charge in [0.05, 0.1) is 17.8 Å². The topological polar surface area (TPSA) is 128 Å². The predicted molar refractivity (Wildman–Crippen MR) is 125 cm³/mol. The van der Waals surface area contributed by atoms with Crippen molar-refractivity contribution >= 4 is 45.0 Å². The van der Waals surface area contributed by atoms with Crippen LogP contribution in [0.1, 0.15) is 10.4 Å². The quantitative estimate of drug-likeness (QED) is 0.433. The zero-order valence-electron chi connectivity index (χ0n) is 17.1. The Balaban J connectivity index is 1.56. The van der Waals surface area contributed by atoms with Gasteiger partial charge < -0.3 is 15.4 Å². The molecular weight excluding hydrogens is 450 g/mol. The smallest absolute Gasteiger partial charge is 0.255 e. The molecule has 0 spiro atoms. The van der Waals surface area contributed by atoms with E-state index in [1.165, 1.54) is 43.1 Å². The standard InChI is InChI=1S/C22H21N3O5S2/c1-30-18-6-2-4-15(12-18)22(27)25-17-5-3-7-19(13-17)31-14-21(26)24-16-8-10-20(11-9-16)32(23,28)29/h2-13H,14H2,1H3,(H,24,26)(H,25,27)(H2,23,28,29). The molecule has 3 aromatic rings. The molecule has 32 heavy (non-hydrogen) atoms. The number of methoxy groups -OCH3 is 1. The Bertz CT molecular complexity index is 1230. The third kappa shape index (κ3) is 6.58. The van der Waals surface area contributed by atoms with E-state index in [-0.39, 0.29) is 22.5 Å². The Labute approximate surface area is 190 Å². The average Bonchev–Trinajstić information content (AvgIpc) is 2.78. The summed E-state index contributed by atoms with van der Waals surface area (Å²) in [6.07, 6.45) is 0. The fraction of sp³-hybridized carbons (Fsp3) is 0.0909. The lowest BCUT2D eigenvalue weighted by molar-refractivity contribution is -0.113.